The number of methoxy groups -OCH3 is 2. The Morgan fingerprint density at radius 1 is 1.15 bits per heavy atom. The molecule has 2 rings (SSSR count). The number of hydrogen-bond acceptors (Lipinski definition) is 5. The smallest absolute Gasteiger partial charge is 0.130 e. The van der Waals surface area contributed by atoms with Gasteiger partial charge in [0, 0.05) is 17.8 Å². The van der Waals surface area contributed by atoms with Crippen LogP contribution in [0.25, 0.3) is 0 Å². The van der Waals surface area contributed by atoms with E-state index in [2.05, 4.69) is 22.2 Å². The van der Waals surface area contributed by atoms with E-state index in [0.717, 1.165) is 28.7 Å². The summed E-state index contributed by atoms with van der Waals surface area (Å²) >= 11 is 0. The molecule has 0 saturated carbocycles. The van der Waals surface area contributed by atoms with Crippen molar-refractivity contribution >= 4 is 5.82 Å². The predicted octanol–water partition coefficient (Wildman–Crippen LogP) is 2.98. The normalized spacial score (nSPS) is 11.8. The van der Waals surface area contributed by atoms with Crippen molar-refractivity contribution in [3.8, 4) is 11.5 Å². The molecule has 0 radical (unpaired) electrons. The fourth-order valence-corrected chi connectivity index (χ4v) is 2.01. The van der Waals surface area contributed by atoms with E-state index >= 15 is 0 Å². The molecule has 2 aromatic rings. The minimum absolute atomic E-state index is 0.0603. The van der Waals surface area contributed by atoms with Gasteiger partial charge in [-0.2, -0.15) is 0 Å². The minimum Gasteiger partial charge on any atom is -0.497 e. The summed E-state index contributed by atoms with van der Waals surface area (Å²) in [6.45, 7) is 3.92. The van der Waals surface area contributed by atoms with E-state index < -0.39 is 0 Å². The molecular formula is C15H19N3O2. The van der Waals surface area contributed by atoms with Gasteiger partial charge in [-0.15, -0.1) is 0 Å². The predicted molar refractivity (Wildman–Crippen MR) is 78.4 cm³/mol. The van der Waals surface area contributed by atoms with E-state index in [1.54, 1.807) is 20.4 Å². The molecule has 0 unspecified atom stereocenters. The van der Waals surface area contributed by atoms with Gasteiger partial charge >= 0.3 is 0 Å². The maximum atomic E-state index is 5.42. The number of aromatic nitrogens is 2. The number of rotatable bonds is 5. The summed E-state index contributed by atoms with van der Waals surface area (Å²) < 4.78 is 10.6. The number of ether oxygens (including phenoxy) is 2. The fourth-order valence-electron chi connectivity index (χ4n) is 2.01. The van der Waals surface area contributed by atoms with Crippen LogP contribution in [0.5, 0.6) is 11.5 Å². The highest BCUT2D eigenvalue weighted by molar-refractivity contribution is 5.46. The van der Waals surface area contributed by atoms with Crippen molar-refractivity contribution in [1.29, 1.82) is 0 Å². The van der Waals surface area contributed by atoms with Crippen molar-refractivity contribution < 1.29 is 9.47 Å². The number of nitrogens with zero attached hydrogens (tertiary/aromatic N) is 2. The molecule has 1 N–H and O–H groups in total. The van der Waals surface area contributed by atoms with Crippen molar-refractivity contribution in [1.82, 2.24) is 9.97 Å². The zero-order valence-corrected chi connectivity index (χ0v) is 12.2. The Hall–Kier alpha value is -2.30. The van der Waals surface area contributed by atoms with E-state index in [4.69, 9.17) is 9.47 Å². The summed E-state index contributed by atoms with van der Waals surface area (Å²) in [6, 6.07) is 7.69. The van der Waals surface area contributed by atoms with Crippen LogP contribution in [-0.2, 0) is 0 Å². The largest absolute Gasteiger partial charge is 0.497 e. The van der Waals surface area contributed by atoms with Crippen LogP contribution < -0.4 is 14.8 Å². The second-order valence-corrected chi connectivity index (χ2v) is 4.46. The average molecular weight is 273 g/mol. The molecule has 0 amide bonds. The van der Waals surface area contributed by atoms with Gasteiger partial charge in [0.15, 0.2) is 0 Å². The van der Waals surface area contributed by atoms with Crippen LogP contribution in [0.4, 0.5) is 5.82 Å². The molecule has 106 valence electrons. The molecule has 1 aromatic heterocycles. The van der Waals surface area contributed by atoms with Gasteiger partial charge in [-0.3, -0.25) is 0 Å². The van der Waals surface area contributed by atoms with Crippen LogP contribution in [0.15, 0.2) is 30.5 Å². The number of nitrogens with one attached hydrogen (secondary N) is 1. The average Bonchev–Trinajstić information content (AvgIpc) is 2.46. The summed E-state index contributed by atoms with van der Waals surface area (Å²) in [5.41, 5.74) is 1.05. The number of benzene rings is 1. The molecule has 0 aliphatic heterocycles. The molecule has 1 heterocycles. The number of anilines is 1. The van der Waals surface area contributed by atoms with E-state index in [-0.39, 0.29) is 6.04 Å². The van der Waals surface area contributed by atoms with Crippen LogP contribution >= 0.6 is 0 Å². The molecular weight excluding hydrogens is 254 g/mol. The molecule has 20 heavy (non-hydrogen) atoms. The topological polar surface area (TPSA) is 56.3 Å². The van der Waals surface area contributed by atoms with E-state index in [1.807, 2.05) is 31.2 Å². The summed E-state index contributed by atoms with van der Waals surface area (Å²) in [4.78, 5) is 8.42. The lowest BCUT2D eigenvalue weighted by molar-refractivity contribution is 0.390. The highest BCUT2D eigenvalue weighted by atomic mass is 16.5. The van der Waals surface area contributed by atoms with Gasteiger partial charge < -0.3 is 14.8 Å². The quantitative estimate of drug-likeness (QED) is 0.907. The molecule has 0 spiro atoms. The summed E-state index contributed by atoms with van der Waals surface area (Å²) in [7, 11) is 3.29. The second-order valence-electron chi connectivity index (χ2n) is 4.46. The maximum absolute atomic E-state index is 5.42. The highest BCUT2D eigenvalue weighted by Crippen LogP contribution is 2.30. The van der Waals surface area contributed by atoms with Gasteiger partial charge in [0.2, 0.25) is 0 Å². The fraction of sp³-hybridized carbons (Fsp3) is 0.333. The van der Waals surface area contributed by atoms with Crippen molar-refractivity contribution in [2.75, 3.05) is 19.5 Å². The zero-order valence-electron chi connectivity index (χ0n) is 12.2. The van der Waals surface area contributed by atoms with Crippen LogP contribution in [0.1, 0.15) is 24.4 Å². The Balaban J connectivity index is 2.22. The Morgan fingerprint density at radius 2 is 1.95 bits per heavy atom. The van der Waals surface area contributed by atoms with E-state index in [0.29, 0.717) is 0 Å². The van der Waals surface area contributed by atoms with Gasteiger partial charge in [-0.1, -0.05) is 0 Å². The first-order valence-electron chi connectivity index (χ1n) is 6.42. The second kappa shape index (κ2) is 6.23. The van der Waals surface area contributed by atoms with Gasteiger partial charge in [0.1, 0.15) is 23.1 Å². The van der Waals surface area contributed by atoms with Gasteiger partial charge in [-0.05, 0) is 32.0 Å². The Morgan fingerprint density at radius 3 is 2.60 bits per heavy atom. The summed E-state index contributed by atoms with van der Waals surface area (Å²) in [5, 5.41) is 3.34. The Kier molecular flexibility index (Phi) is 4.40. The van der Waals surface area contributed by atoms with Crippen LogP contribution in [0, 0.1) is 6.92 Å². The Labute approximate surface area is 119 Å². The van der Waals surface area contributed by atoms with Crippen molar-refractivity contribution in [2.24, 2.45) is 0 Å². The van der Waals surface area contributed by atoms with Crippen molar-refractivity contribution in [3.63, 3.8) is 0 Å². The van der Waals surface area contributed by atoms with Crippen molar-refractivity contribution in [3.05, 3.63) is 41.9 Å². The minimum atomic E-state index is 0.0603. The first-order chi connectivity index (χ1) is 9.63. The third-order valence-electron chi connectivity index (χ3n) is 3.05. The number of hydrogen-bond donors (Lipinski definition) is 1. The van der Waals surface area contributed by atoms with E-state index in [9.17, 15) is 0 Å². The van der Waals surface area contributed by atoms with Gasteiger partial charge in [-0.25, -0.2) is 9.97 Å². The maximum Gasteiger partial charge on any atom is 0.130 e. The Bertz CT molecular complexity index is 587. The zero-order chi connectivity index (χ0) is 14.5. The molecule has 0 fully saturated rings. The van der Waals surface area contributed by atoms with Gasteiger partial charge in [0.25, 0.3) is 0 Å². The monoisotopic (exact) mass is 273 g/mol. The van der Waals surface area contributed by atoms with Gasteiger partial charge in [0.05, 0.1) is 20.3 Å². The molecule has 1 atom stereocenters. The lowest BCUT2D eigenvalue weighted by Crippen LogP contribution is -2.10. The van der Waals surface area contributed by atoms with Crippen molar-refractivity contribution in [2.45, 2.75) is 19.9 Å². The lowest BCUT2D eigenvalue weighted by atomic mass is 10.1. The summed E-state index contributed by atoms with van der Waals surface area (Å²) in [6.07, 6.45) is 1.74. The molecule has 0 aliphatic rings. The SMILES string of the molecule is COc1ccc([C@@H](C)Nc2ccnc(C)n2)c(OC)c1. The van der Waals surface area contributed by atoms with Crippen LogP contribution in [0.3, 0.4) is 0 Å². The number of aryl methyl sites for hydroxylation is 1. The third kappa shape index (κ3) is 3.17. The first-order valence-corrected chi connectivity index (χ1v) is 6.42. The standard InChI is InChI=1S/C15H19N3O2/c1-10(17-15-7-8-16-11(2)18-15)13-6-5-12(19-3)9-14(13)20-4/h5-10H,1-4H3,(H,16,17,18)/t10-/m1/s1. The van der Waals surface area contributed by atoms with Crippen LogP contribution in [0.2, 0.25) is 0 Å². The molecule has 5 heteroatoms. The molecule has 0 aliphatic carbocycles. The molecule has 0 saturated heterocycles. The highest BCUT2D eigenvalue weighted by Gasteiger charge is 2.13. The first kappa shape index (κ1) is 14.1. The molecule has 0 bridgehead atoms. The lowest BCUT2D eigenvalue weighted by Gasteiger charge is -2.18. The molecule has 5 nitrogen and oxygen atoms in total. The summed E-state index contributed by atoms with van der Waals surface area (Å²) in [5.74, 6) is 3.09. The third-order valence-corrected chi connectivity index (χ3v) is 3.05. The molecule has 1 aromatic carbocycles. The van der Waals surface area contributed by atoms with E-state index in [1.165, 1.54) is 0 Å². The van der Waals surface area contributed by atoms with Crippen LogP contribution in [-0.4, -0.2) is 24.2 Å².